The lowest BCUT2D eigenvalue weighted by Gasteiger charge is -2.44. The third kappa shape index (κ3) is 3.88. The van der Waals surface area contributed by atoms with Crippen molar-refractivity contribution in [2.75, 3.05) is 26.2 Å². The van der Waals surface area contributed by atoms with Gasteiger partial charge in [0.1, 0.15) is 5.54 Å². The Hall–Kier alpha value is -1.88. The number of hydrogen-bond donors (Lipinski definition) is 1. The van der Waals surface area contributed by atoms with Crippen molar-refractivity contribution in [1.29, 1.82) is 0 Å². The van der Waals surface area contributed by atoms with Gasteiger partial charge in [-0.3, -0.25) is 14.5 Å². The summed E-state index contributed by atoms with van der Waals surface area (Å²) in [6.45, 7) is 4.38. The SMILES string of the molecule is O=C(CC1CCN(Cc2ccccc2)CC1)N1CCNC(=O)C12CCCC2. The highest BCUT2D eigenvalue weighted by Gasteiger charge is 2.50. The van der Waals surface area contributed by atoms with Crippen LogP contribution in [0.15, 0.2) is 30.3 Å². The fourth-order valence-electron chi connectivity index (χ4n) is 5.15. The van der Waals surface area contributed by atoms with Crippen molar-refractivity contribution < 1.29 is 9.59 Å². The maximum Gasteiger partial charge on any atom is 0.246 e. The van der Waals surface area contributed by atoms with E-state index in [1.807, 2.05) is 4.90 Å². The van der Waals surface area contributed by atoms with Gasteiger partial charge in [0.15, 0.2) is 0 Å². The molecule has 0 unspecified atom stereocenters. The molecule has 2 amide bonds. The fraction of sp³-hybridized carbons (Fsp3) is 0.636. The third-order valence-corrected chi connectivity index (χ3v) is 6.71. The summed E-state index contributed by atoms with van der Waals surface area (Å²) in [7, 11) is 0. The highest BCUT2D eigenvalue weighted by atomic mass is 16.2. The summed E-state index contributed by atoms with van der Waals surface area (Å²) in [4.78, 5) is 30.0. The van der Waals surface area contributed by atoms with E-state index in [1.165, 1.54) is 5.56 Å². The number of nitrogens with one attached hydrogen (secondary N) is 1. The van der Waals surface area contributed by atoms with E-state index in [9.17, 15) is 9.59 Å². The number of likely N-dealkylation sites (tertiary alicyclic amines) is 1. The van der Waals surface area contributed by atoms with Crippen LogP contribution in [0, 0.1) is 5.92 Å². The number of carbonyl (C=O) groups excluding carboxylic acids is 2. The summed E-state index contributed by atoms with van der Waals surface area (Å²) in [6.07, 6.45) is 6.52. The van der Waals surface area contributed by atoms with Crippen LogP contribution in [0.5, 0.6) is 0 Å². The summed E-state index contributed by atoms with van der Waals surface area (Å²) in [5.74, 6) is 0.735. The molecule has 1 N–H and O–H groups in total. The molecule has 3 aliphatic rings. The van der Waals surface area contributed by atoms with E-state index in [0.29, 0.717) is 25.4 Å². The monoisotopic (exact) mass is 369 g/mol. The molecule has 1 saturated carbocycles. The number of piperazine rings is 1. The summed E-state index contributed by atoms with van der Waals surface area (Å²) < 4.78 is 0. The Labute approximate surface area is 162 Å². The van der Waals surface area contributed by atoms with Crippen LogP contribution in [0.2, 0.25) is 0 Å². The van der Waals surface area contributed by atoms with E-state index in [4.69, 9.17) is 0 Å². The molecule has 0 radical (unpaired) electrons. The summed E-state index contributed by atoms with van der Waals surface area (Å²) >= 11 is 0. The lowest BCUT2D eigenvalue weighted by Crippen LogP contribution is -2.65. The fourth-order valence-corrected chi connectivity index (χ4v) is 5.15. The summed E-state index contributed by atoms with van der Waals surface area (Å²) in [6, 6.07) is 10.6. The van der Waals surface area contributed by atoms with Crippen molar-refractivity contribution >= 4 is 11.8 Å². The first kappa shape index (κ1) is 18.5. The van der Waals surface area contributed by atoms with Crippen molar-refractivity contribution in [3.8, 4) is 0 Å². The molecule has 5 nitrogen and oxygen atoms in total. The number of piperidine rings is 1. The number of rotatable bonds is 4. The first-order valence-electron chi connectivity index (χ1n) is 10.5. The highest BCUT2D eigenvalue weighted by Crippen LogP contribution is 2.38. The summed E-state index contributed by atoms with van der Waals surface area (Å²) in [5, 5.41) is 2.99. The van der Waals surface area contributed by atoms with Crippen molar-refractivity contribution in [3.05, 3.63) is 35.9 Å². The first-order valence-corrected chi connectivity index (χ1v) is 10.5. The number of carbonyl (C=O) groups is 2. The number of amides is 2. The normalized spacial score (nSPS) is 23.6. The first-order chi connectivity index (χ1) is 13.2. The zero-order valence-corrected chi connectivity index (χ0v) is 16.2. The van der Waals surface area contributed by atoms with Gasteiger partial charge in [-0.25, -0.2) is 0 Å². The van der Waals surface area contributed by atoms with Crippen LogP contribution in [0.3, 0.4) is 0 Å². The number of benzene rings is 1. The predicted octanol–water partition coefficient (Wildman–Crippen LogP) is 2.56. The van der Waals surface area contributed by atoms with Gasteiger partial charge in [-0.1, -0.05) is 43.2 Å². The Bertz CT molecular complexity index is 661. The summed E-state index contributed by atoms with van der Waals surface area (Å²) in [5.41, 5.74) is 0.818. The topological polar surface area (TPSA) is 52.7 Å². The quantitative estimate of drug-likeness (QED) is 0.887. The molecule has 0 aromatic heterocycles. The Balaban J connectivity index is 1.31. The van der Waals surface area contributed by atoms with Gasteiger partial charge in [0.25, 0.3) is 0 Å². The van der Waals surface area contributed by atoms with E-state index in [1.54, 1.807) is 0 Å². The molecule has 27 heavy (non-hydrogen) atoms. The van der Waals surface area contributed by atoms with Gasteiger partial charge in [-0.2, -0.15) is 0 Å². The van der Waals surface area contributed by atoms with E-state index in [-0.39, 0.29) is 11.8 Å². The minimum Gasteiger partial charge on any atom is -0.352 e. The van der Waals surface area contributed by atoms with Crippen molar-refractivity contribution in [2.24, 2.45) is 5.92 Å². The standard InChI is InChI=1S/C22H31N3O2/c26-20(25-15-12-23-21(27)22(25)10-4-5-11-22)16-18-8-13-24(14-9-18)17-19-6-2-1-3-7-19/h1-3,6-7,18H,4-5,8-17H2,(H,23,27). The van der Waals surface area contributed by atoms with Gasteiger partial charge in [0.2, 0.25) is 11.8 Å². The minimum atomic E-state index is -0.538. The van der Waals surface area contributed by atoms with Crippen molar-refractivity contribution in [2.45, 2.75) is 57.0 Å². The molecule has 1 aromatic rings. The van der Waals surface area contributed by atoms with Crippen LogP contribution in [0.1, 0.15) is 50.5 Å². The highest BCUT2D eigenvalue weighted by molar-refractivity contribution is 5.93. The molecule has 0 bridgehead atoms. The molecule has 4 rings (SSSR count). The van der Waals surface area contributed by atoms with Crippen LogP contribution >= 0.6 is 0 Å². The zero-order chi connectivity index (χ0) is 18.7. The van der Waals surface area contributed by atoms with Crippen LogP contribution in [0.25, 0.3) is 0 Å². The second kappa shape index (κ2) is 8.01. The van der Waals surface area contributed by atoms with Gasteiger partial charge < -0.3 is 10.2 Å². The molecule has 5 heteroatoms. The van der Waals surface area contributed by atoms with Crippen LogP contribution < -0.4 is 5.32 Å². The van der Waals surface area contributed by atoms with E-state index < -0.39 is 5.54 Å². The Kier molecular flexibility index (Phi) is 5.48. The minimum absolute atomic E-state index is 0.0808. The maximum atomic E-state index is 13.1. The number of nitrogens with zero attached hydrogens (tertiary/aromatic N) is 2. The molecular weight excluding hydrogens is 338 g/mol. The average Bonchev–Trinajstić information content (AvgIpc) is 3.17. The van der Waals surface area contributed by atoms with Gasteiger partial charge >= 0.3 is 0 Å². The molecule has 3 fully saturated rings. The molecule has 1 aromatic carbocycles. The molecule has 1 aliphatic carbocycles. The molecule has 2 heterocycles. The van der Waals surface area contributed by atoms with Gasteiger partial charge in [-0.15, -0.1) is 0 Å². The number of hydrogen-bond acceptors (Lipinski definition) is 3. The molecule has 2 saturated heterocycles. The van der Waals surface area contributed by atoms with Crippen LogP contribution in [-0.4, -0.2) is 53.3 Å². The second-order valence-electron chi connectivity index (χ2n) is 8.45. The lowest BCUT2D eigenvalue weighted by molar-refractivity contribution is -0.152. The Morgan fingerprint density at radius 2 is 1.78 bits per heavy atom. The van der Waals surface area contributed by atoms with Crippen molar-refractivity contribution in [1.82, 2.24) is 15.1 Å². The van der Waals surface area contributed by atoms with E-state index >= 15 is 0 Å². The Morgan fingerprint density at radius 3 is 2.48 bits per heavy atom. The smallest absolute Gasteiger partial charge is 0.246 e. The zero-order valence-electron chi connectivity index (χ0n) is 16.2. The molecule has 2 aliphatic heterocycles. The lowest BCUT2D eigenvalue weighted by atomic mass is 9.88. The molecule has 0 atom stereocenters. The molecular formula is C22H31N3O2. The van der Waals surface area contributed by atoms with Gasteiger partial charge in [0, 0.05) is 26.1 Å². The largest absolute Gasteiger partial charge is 0.352 e. The van der Waals surface area contributed by atoms with Gasteiger partial charge in [-0.05, 0) is 50.3 Å². The van der Waals surface area contributed by atoms with Crippen molar-refractivity contribution in [3.63, 3.8) is 0 Å². The van der Waals surface area contributed by atoms with Gasteiger partial charge in [0.05, 0.1) is 0 Å². The van der Waals surface area contributed by atoms with Crippen LogP contribution in [-0.2, 0) is 16.1 Å². The second-order valence-corrected chi connectivity index (χ2v) is 8.45. The Morgan fingerprint density at radius 1 is 1.07 bits per heavy atom. The predicted molar refractivity (Wildman–Crippen MR) is 105 cm³/mol. The molecule has 146 valence electrons. The third-order valence-electron chi connectivity index (χ3n) is 6.71. The average molecular weight is 370 g/mol. The van der Waals surface area contributed by atoms with E-state index in [2.05, 4.69) is 40.5 Å². The molecule has 1 spiro atoms. The maximum absolute atomic E-state index is 13.1. The van der Waals surface area contributed by atoms with E-state index in [0.717, 1.165) is 58.2 Å². The van der Waals surface area contributed by atoms with Crippen LogP contribution in [0.4, 0.5) is 0 Å².